The Kier molecular flexibility index (Phi) is 5.41. The lowest BCUT2D eigenvalue weighted by atomic mass is 10.1. The molecule has 0 bridgehead atoms. The summed E-state index contributed by atoms with van der Waals surface area (Å²) in [5, 5.41) is 0. The van der Waals surface area contributed by atoms with Crippen LogP contribution < -0.4 is 5.73 Å². The molecular formula is C22H15NS2. The van der Waals surface area contributed by atoms with Crippen molar-refractivity contribution >= 4 is 30.9 Å². The second kappa shape index (κ2) is 7.90. The van der Waals surface area contributed by atoms with Gasteiger partial charge in [0.15, 0.2) is 0 Å². The highest BCUT2D eigenvalue weighted by molar-refractivity contribution is 7.80. The van der Waals surface area contributed by atoms with Crippen molar-refractivity contribution in [2.75, 3.05) is 5.73 Å². The Labute approximate surface area is 159 Å². The molecule has 0 aliphatic rings. The maximum absolute atomic E-state index is 5.84. The summed E-state index contributed by atoms with van der Waals surface area (Å²) in [6.07, 6.45) is 0. The summed E-state index contributed by atoms with van der Waals surface area (Å²) in [6.45, 7) is 0. The summed E-state index contributed by atoms with van der Waals surface area (Å²) >= 11 is 8.52. The van der Waals surface area contributed by atoms with Crippen LogP contribution in [0.25, 0.3) is 0 Å². The molecule has 0 heterocycles. The van der Waals surface area contributed by atoms with Gasteiger partial charge in [-0.1, -0.05) is 23.7 Å². The van der Waals surface area contributed by atoms with Crippen molar-refractivity contribution < 1.29 is 0 Å². The molecule has 25 heavy (non-hydrogen) atoms. The smallest absolute Gasteiger partial charge is 0.0462 e. The summed E-state index contributed by atoms with van der Waals surface area (Å²) in [5.74, 6) is 12.5. The van der Waals surface area contributed by atoms with Crippen LogP contribution in [0.3, 0.4) is 0 Å². The highest BCUT2D eigenvalue weighted by Gasteiger charge is 1.95. The molecule has 0 amide bonds. The minimum atomic E-state index is 0.631. The van der Waals surface area contributed by atoms with Crippen molar-refractivity contribution in [3.8, 4) is 23.7 Å². The van der Waals surface area contributed by atoms with Crippen LogP contribution in [-0.2, 0) is 0 Å². The van der Waals surface area contributed by atoms with Gasteiger partial charge in [0.05, 0.1) is 0 Å². The van der Waals surface area contributed by atoms with Gasteiger partial charge < -0.3 is 5.73 Å². The highest BCUT2D eigenvalue weighted by atomic mass is 32.1. The zero-order valence-corrected chi connectivity index (χ0v) is 15.1. The maximum atomic E-state index is 5.84. The van der Waals surface area contributed by atoms with Crippen LogP contribution in [0.4, 0.5) is 5.69 Å². The molecule has 120 valence electrons. The molecule has 3 rings (SSSR count). The first-order valence-corrected chi connectivity index (χ1v) is 8.51. The van der Waals surface area contributed by atoms with Crippen LogP contribution in [0.2, 0.25) is 0 Å². The molecular weight excluding hydrogens is 342 g/mol. The van der Waals surface area contributed by atoms with E-state index < -0.39 is 0 Å². The minimum Gasteiger partial charge on any atom is -0.398 e. The van der Waals surface area contributed by atoms with Crippen molar-refractivity contribution in [1.29, 1.82) is 0 Å². The third kappa shape index (κ3) is 4.88. The number of nitrogens with two attached hydrogens (primary N) is 1. The van der Waals surface area contributed by atoms with E-state index in [9.17, 15) is 0 Å². The third-order valence-electron chi connectivity index (χ3n) is 3.48. The van der Waals surface area contributed by atoms with E-state index in [0.717, 1.165) is 32.0 Å². The van der Waals surface area contributed by atoms with Crippen molar-refractivity contribution in [1.82, 2.24) is 0 Å². The van der Waals surface area contributed by atoms with Gasteiger partial charge in [0, 0.05) is 37.7 Å². The molecule has 2 N–H and O–H groups in total. The van der Waals surface area contributed by atoms with E-state index in [1.807, 2.05) is 66.7 Å². The Hall–Kier alpha value is -2.72. The Morgan fingerprint density at radius 1 is 0.560 bits per heavy atom. The zero-order chi connectivity index (χ0) is 17.6. The number of anilines is 1. The monoisotopic (exact) mass is 357 g/mol. The summed E-state index contributed by atoms with van der Waals surface area (Å²) < 4.78 is 0. The summed E-state index contributed by atoms with van der Waals surface area (Å²) in [7, 11) is 0. The fourth-order valence-electron chi connectivity index (χ4n) is 2.10. The van der Waals surface area contributed by atoms with Crippen LogP contribution in [0.15, 0.2) is 76.5 Å². The Bertz CT molecular complexity index is 1010. The lowest BCUT2D eigenvalue weighted by Crippen LogP contribution is -1.87. The lowest BCUT2D eigenvalue weighted by Gasteiger charge is -1.98. The molecule has 0 saturated carbocycles. The Morgan fingerprint density at radius 3 is 1.44 bits per heavy atom. The average Bonchev–Trinajstić information content (AvgIpc) is 2.63. The van der Waals surface area contributed by atoms with Crippen LogP contribution in [0, 0.1) is 23.7 Å². The van der Waals surface area contributed by atoms with Crippen molar-refractivity contribution in [2.24, 2.45) is 0 Å². The predicted molar refractivity (Wildman–Crippen MR) is 110 cm³/mol. The largest absolute Gasteiger partial charge is 0.398 e. The average molecular weight is 358 g/mol. The van der Waals surface area contributed by atoms with E-state index in [0.29, 0.717) is 5.69 Å². The van der Waals surface area contributed by atoms with E-state index in [1.54, 1.807) is 0 Å². The van der Waals surface area contributed by atoms with E-state index in [4.69, 9.17) is 5.73 Å². The standard InChI is InChI=1S/C22H15NS2/c23-21-15-19(11-14-22(21)25)8-7-17-3-1-16(2-4-17)5-6-18-9-12-20(24)13-10-18/h1-4,9-15,24-25H,23H2. The first-order chi connectivity index (χ1) is 12.1. The van der Waals surface area contributed by atoms with Gasteiger partial charge in [0.1, 0.15) is 0 Å². The number of benzene rings is 3. The van der Waals surface area contributed by atoms with Crippen molar-refractivity contribution in [2.45, 2.75) is 9.79 Å². The van der Waals surface area contributed by atoms with Crippen LogP contribution >= 0.6 is 25.3 Å². The molecule has 3 heteroatoms. The van der Waals surface area contributed by atoms with Gasteiger partial charge in [-0.25, -0.2) is 0 Å². The molecule has 0 aliphatic carbocycles. The van der Waals surface area contributed by atoms with Gasteiger partial charge in [-0.05, 0) is 66.7 Å². The first-order valence-electron chi connectivity index (χ1n) is 7.62. The van der Waals surface area contributed by atoms with Gasteiger partial charge in [0.25, 0.3) is 0 Å². The number of nitrogen functional groups attached to an aromatic ring is 1. The van der Waals surface area contributed by atoms with Crippen molar-refractivity contribution in [3.63, 3.8) is 0 Å². The van der Waals surface area contributed by atoms with Gasteiger partial charge in [-0.2, -0.15) is 0 Å². The molecule has 0 radical (unpaired) electrons. The first kappa shape index (κ1) is 17.1. The molecule has 0 fully saturated rings. The van der Waals surface area contributed by atoms with Crippen LogP contribution in [0.1, 0.15) is 22.3 Å². The van der Waals surface area contributed by atoms with Gasteiger partial charge in [0.2, 0.25) is 0 Å². The second-order valence-corrected chi connectivity index (χ2v) is 6.40. The quantitative estimate of drug-likeness (QED) is 0.305. The topological polar surface area (TPSA) is 26.0 Å². The number of thiol groups is 2. The molecule has 0 aliphatic heterocycles. The molecule has 0 atom stereocenters. The number of hydrogen-bond donors (Lipinski definition) is 3. The fraction of sp³-hybridized carbons (Fsp3) is 0. The predicted octanol–water partition coefficient (Wildman–Crippen LogP) is 4.65. The van der Waals surface area contributed by atoms with Crippen LogP contribution in [-0.4, -0.2) is 0 Å². The molecule has 0 spiro atoms. The van der Waals surface area contributed by atoms with E-state index in [-0.39, 0.29) is 0 Å². The second-order valence-electron chi connectivity index (χ2n) is 5.40. The highest BCUT2D eigenvalue weighted by Crippen LogP contribution is 2.17. The Morgan fingerprint density at radius 2 is 0.960 bits per heavy atom. The minimum absolute atomic E-state index is 0.631. The molecule has 0 unspecified atom stereocenters. The molecule has 1 nitrogen and oxygen atoms in total. The van der Waals surface area contributed by atoms with Crippen LogP contribution in [0.5, 0.6) is 0 Å². The van der Waals surface area contributed by atoms with E-state index in [1.165, 1.54) is 0 Å². The van der Waals surface area contributed by atoms with Gasteiger partial charge >= 0.3 is 0 Å². The van der Waals surface area contributed by atoms with Gasteiger partial charge in [-0.3, -0.25) is 0 Å². The summed E-state index contributed by atoms with van der Waals surface area (Å²) in [6, 6.07) is 21.2. The van der Waals surface area contributed by atoms with E-state index in [2.05, 4.69) is 48.9 Å². The molecule has 0 saturated heterocycles. The zero-order valence-electron chi connectivity index (χ0n) is 13.3. The third-order valence-corrected chi connectivity index (χ3v) is 4.19. The molecule has 3 aromatic rings. The molecule has 0 aromatic heterocycles. The van der Waals surface area contributed by atoms with Crippen molar-refractivity contribution in [3.05, 3.63) is 89.0 Å². The lowest BCUT2D eigenvalue weighted by molar-refractivity contribution is 1.46. The fourth-order valence-corrected chi connectivity index (χ4v) is 2.39. The van der Waals surface area contributed by atoms with Gasteiger partial charge in [-0.15, -0.1) is 25.3 Å². The number of hydrogen-bond acceptors (Lipinski definition) is 3. The maximum Gasteiger partial charge on any atom is 0.0462 e. The Balaban J connectivity index is 1.74. The number of rotatable bonds is 0. The summed E-state index contributed by atoms with van der Waals surface area (Å²) in [4.78, 5) is 1.69. The summed E-state index contributed by atoms with van der Waals surface area (Å²) in [5.41, 5.74) is 10.2. The SMILES string of the molecule is Nc1cc(C#Cc2ccc(C#Cc3ccc(S)cc3)cc2)ccc1S. The normalized spacial score (nSPS) is 9.52. The van der Waals surface area contributed by atoms with E-state index >= 15 is 0 Å². The molecule has 3 aromatic carbocycles.